The molecule has 2 bridgehead atoms. The Morgan fingerprint density at radius 3 is 2.73 bits per heavy atom. The summed E-state index contributed by atoms with van der Waals surface area (Å²) in [5.74, 6) is -0.381. The number of esters is 1. The van der Waals surface area contributed by atoms with E-state index in [1.807, 2.05) is 13.1 Å². The molecule has 2 unspecified atom stereocenters. The van der Waals surface area contributed by atoms with E-state index in [2.05, 4.69) is 4.90 Å². The number of carbonyl (C=O) groups excluding carboxylic acids is 2. The van der Waals surface area contributed by atoms with E-state index in [0.717, 1.165) is 29.8 Å². The molecule has 1 N–H and O–H groups in total. The van der Waals surface area contributed by atoms with Crippen LogP contribution in [0.5, 0.6) is 11.5 Å². The molecule has 2 aliphatic carbocycles. The summed E-state index contributed by atoms with van der Waals surface area (Å²) in [4.78, 5) is 29.7. The lowest BCUT2D eigenvalue weighted by Gasteiger charge is -2.65. The Hall–Kier alpha value is -3.53. The number of ether oxygens (including phenoxy) is 2. The standard InChI is InChI=1S/C30H31F3N2O5/c1-17(36)40-29-12-11-21(35(3)24(38)10-7-18-5-4-6-20(15-18)30(31,32)33)27-28(29)13-14-34(2)23(29)16-19-8-9-22(37)26(39-27)25(19)28/h4-10,15,21,23,27,37H,11-14,16H2,1-3H3/b10-7+/t21?,23-,27?,28+,29-/m1/s1. The number of phenolic OH excluding ortho intramolecular Hbond substituents is 1. The maximum atomic E-state index is 13.4. The fourth-order valence-electron chi connectivity index (χ4n) is 7.82. The molecular weight excluding hydrogens is 525 g/mol. The van der Waals surface area contributed by atoms with Crippen molar-refractivity contribution in [3.63, 3.8) is 0 Å². The predicted octanol–water partition coefficient (Wildman–Crippen LogP) is 4.31. The molecule has 5 atom stereocenters. The van der Waals surface area contributed by atoms with E-state index in [9.17, 15) is 27.9 Å². The first-order valence-corrected chi connectivity index (χ1v) is 13.4. The minimum absolute atomic E-state index is 0.00815. The molecular formula is C30H31F3N2O5. The van der Waals surface area contributed by atoms with Gasteiger partial charge in [0.25, 0.3) is 0 Å². The van der Waals surface area contributed by atoms with Gasteiger partial charge in [-0.2, -0.15) is 13.2 Å². The third kappa shape index (κ3) is 3.68. The number of rotatable bonds is 4. The number of piperidine rings is 1. The van der Waals surface area contributed by atoms with Gasteiger partial charge in [-0.1, -0.05) is 18.2 Å². The van der Waals surface area contributed by atoms with E-state index in [1.165, 1.54) is 31.2 Å². The highest BCUT2D eigenvalue weighted by atomic mass is 19.4. The average Bonchev–Trinajstić information content (AvgIpc) is 3.25. The molecule has 2 aromatic carbocycles. The quantitative estimate of drug-likeness (QED) is 0.447. The number of phenols is 1. The smallest absolute Gasteiger partial charge is 0.416 e. The van der Waals surface area contributed by atoms with Gasteiger partial charge in [-0.05, 0) is 74.7 Å². The number of nitrogens with zero attached hydrogens (tertiary/aromatic N) is 2. The first-order chi connectivity index (χ1) is 18.9. The number of likely N-dealkylation sites (tertiary alicyclic amines) is 1. The fraction of sp³-hybridized carbons (Fsp3) is 0.467. The van der Waals surface area contributed by atoms with Crippen LogP contribution in [0.3, 0.4) is 0 Å². The molecule has 2 aliphatic heterocycles. The Morgan fingerprint density at radius 1 is 1.23 bits per heavy atom. The summed E-state index contributed by atoms with van der Waals surface area (Å²) in [6.07, 6.45) is -0.197. The molecule has 2 fully saturated rings. The number of halogens is 3. The number of likely N-dealkylation sites (N-methyl/N-ethyl adjacent to an activating group) is 2. The number of hydrogen-bond acceptors (Lipinski definition) is 6. The van der Waals surface area contributed by atoms with Crippen molar-refractivity contribution in [1.29, 1.82) is 0 Å². The SMILES string of the molecule is CC(=O)O[C@@]12CCC(N(C)C(=O)/C=C/c3cccc(C(F)(F)F)c3)C3Oc4c(O)ccc5c4[C@@]31CCN(C)[C@@H]2C5. The van der Waals surface area contributed by atoms with Crippen LogP contribution in [0.25, 0.3) is 6.08 Å². The summed E-state index contributed by atoms with van der Waals surface area (Å²) in [7, 11) is 3.68. The maximum Gasteiger partial charge on any atom is 0.416 e. The Labute approximate surface area is 230 Å². The Kier molecular flexibility index (Phi) is 6.00. The highest BCUT2D eigenvalue weighted by Crippen LogP contribution is 2.66. The number of carbonyl (C=O) groups is 2. The van der Waals surface area contributed by atoms with E-state index in [0.29, 0.717) is 31.4 Å². The van der Waals surface area contributed by atoms with Crippen LogP contribution in [0, 0.1) is 0 Å². The molecule has 1 spiro atoms. The van der Waals surface area contributed by atoms with Crippen molar-refractivity contribution in [3.05, 3.63) is 64.7 Å². The van der Waals surface area contributed by atoms with Gasteiger partial charge in [0.15, 0.2) is 11.5 Å². The lowest BCUT2D eigenvalue weighted by Crippen LogP contribution is -2.78. The Balaban J connectivity index is 1.38. The zero-order chi connectivity index (χ0) is 28.6. The molecule has 7 nitrogen and oxygen atoms in total. The summed E-state index contributed by atoms with van der Waals surface area (Å²) < 4.78 is 52.3. The molecule has 1 amide bonds. The van der Waals surface area contributed by atoms with E-state index in [4.69, 9.17) is 9.47 Å². The number of hydrogen-bond donors (Lipinski definition) is 1. The zero-order valence-corrected chi connectivity index (χ0v) is 22.5. The van der Waals surface area contributed by atoms with E-state index in [-0.39, 0.29) is 29.2 Å². The Bertz CT molecular complexity index is 1420. The van der Waals surface area contributed by atoms with Crippen LogP contribution in [0.15, 0.2) is 42.5 Å². The number of alkyl halides is 3. The van der Waals surface area contributed by atoms with Crippen LogP contribution in [0.4, 0.5) is 13.2 Å². The molecule has 0 aromatic heterocycles. The summed E-state index contributed by atoms with van der Waals surface area (Å²) in [6.45, 7) is 2.13. The summed E-state index contributed by atoms with van der Waals surface area (Å²) in [5.41, 5.74) is -0.277. The molecule has 6 rings (SSSR count). The van der Waals surface area contributed by atoms with Crippen LogP contribution in [-0.4, -0.2) is 71.2 Å². The van der Waals surface area contributed by atoms with Crippen LogP contribution >= 0.6 is 0 Å². The highest BCUT2D eigenvalue weighted by molar-refractivity contribution is 5.92. The van der Waals surface area contributed by atoms with Crippen molar-refractivity contribution in [2.24, 2.45) is 0 Å². The normalized spacial score (nSPS) is 30.5. The van der Waals surface area contributed by atoms with E-state index in [1.54, 1.807) is 18.0 Å². The molecule has 1 saturated carbocycles. The van der Waals surface area contributed by atoms with Crippen molar-refractivity contribution in [3.8, 4) is 11.5 Å². The molecule has 10 heteroatoms. The van der Waals surface area contributed by atoms with Crippen molar-refractivity contribution in [2.75, 3.05) is 20.6 Å². The minimum atomic E-state index is -4.48. The second-order valence-electron chi connectivity index (χ2n) is 11.4. The van der Waals surface area contributed by atoms with Gasteiger partial charge in [-0.25, -0.2) is 0 Å². The van der Waals surface area contributed by atoms with Gasteiger partial charge in [-0.3, -0.25) is 14.5 Å². The molecule has 0 radical (unpaired) electrons. The van der Waals surface area contributed by atoms with Gasteiger partial charge >= 0.3 is 12.1 Å². The summed E-state index contributed by atoms with van der Waals surface area (Å²) in [6, 6.07) is 7.80. The van der Waals surface area contributed by atoms with Gasteiger partial charge in [0.1, 0.15) is 11.7 Å². The second-order valence-corrected chi connectivity index (χ2v) is 11.4. The average molecular weight is 557 g/mol. The third-order valence-electron chi connectivity index (χ3n) is 9.46. The minimum Gasteiger partial charge on any atom is -0.504 e. The molecule has 212 valence electrons. The largest absolute Gasteiger partial charge is 0.504 e. The first-order valence-electron chi connectivity index (χ1n) is 13.4. The maximum absolute atomic E-state index is 13.4. The number of benzene rings is 2. The van der Waals surface area contributed by atoms with Gasteiger partial charge in [0.05, 0.1) is 23.1 Å². The van der Waals surface area contributed by atoms with Crippen LogP contribution in [-0.2, 0) is 32.3 Å². The van der Waals surface area contributed by atoms with Gasteiger partial charge in [0, 0.05) is 25.6 Å². The molecule has 2 aromatic rings. The number of amides is 1. The first kappa shape index (κ1) is 26.7. The monoisotopic (exact) mass is 556 g/mol. The van der Waals surface area contributed by atoms with Crippen molar-refractivity contribution in [2.45, 2.75) is 68.0 Å². The molecule has 2 heterocycles. The zero-order valence-electron chi connectivity index (χ0n) is 22.5. The van der Waals surface area contributed by atoms with Crippen LogP contribution < -0.4 is 4.74 Å². The van der Waals surface area contributed by atoms with Gasteiger partial charge in [0.2, 0.25) is 5.91 Å². The van der Waals surface area contributed by atoms with Gasteiger partial charge in [-0.15, -0.1) is 0 Å². The predicted molar refractivity (Wildman–Crippen MR) is 140 cm³/mol. The summed E-state index contributed by atoms with van der Waals surface area (Å²) >= 11 is 0. The third-order valence-corrected chi connectivity index (χ3v) is 9.46. The Morgan fingerprint density at radius 2 is 2.00 bits per heavy atom. The van der Waals surface area contributed by atoms with E-state index < -0.39 is 34.9 Å². The topological polar surface area (TPSA) is 79.3 Å². The van der Waals surface area contributed by atoms with Crippen molar-refractivity contribution >= 4 is 18.0 Å². The van der Waals surface area contributed by atoms with Crippen LogP contribution in [0.2, 0.25) is 0 Å². The van der Waals surface area contributed by atoms with Gasteiger partial charge < -0.3 is 19.5 Å². The second kappa shape index (κ2) is 8.99. The van der Waals surface area contributed by atoms with E-state index >= 15 is 0 Å². The lowest BCUT2D eigenvalue weighted by molar-refractivity contribution is -0.220. The molecule has 4 aliphatic rings. The van der Waals surface area contributed by atoms with Crippen molar-refractivity contribution in [1.82, 2.24) is 9.80 Å². The summed E-state index contributed by atoms with van der Waals surface area (Å²) in [5, 5.41) is 10.8. The molecule has 40 heavy (non-hydrogen) atoms. The highest BCUT2D eigenvalue weighted by Gasteiger charge is 2.75. The van der Waals surface area contributed by atoms with Crippen molar-refractivity contribution < 1.29 is 37.3 Å². The lowest BCUT2D eigenvalue weighted by atomic mass is 9.48. The molecule has 1 saturated heterocycles. The van der Waals surface area contributed by atoms with Crippen LogP contribution in [0.1, 0.15) is 48.4 Å². The fourth-order valence-corrected chi connectivity index (χ4v) is 7.82. The number of aromatic hydroxyl groups is 1.